The second-order valence-corrected chi connectivity index (χ2v) is 7.34. The van der Waals surface area contributed by atoms with Gasteiger partial charge < -0.3 is 9.64 Å². The highest BCUT2D eigenvalue weighted by atomic mass is 79.9. The molecule has 1 aromatic carbocycles. The van der Waals surface area contributed by atoms with E-state index >= 15 is 0 Å². The van der Waals surface area contributed by atoms with Crippen molar-refractivity contribution < 1.29 is 17.9 Å². The zero-order valence-corrected chi connectivity index (χ0v) is 13.5. The van der Waals surface area contributed by atoms with Crippen molar-refractivity contribution in [1.29, 1.82) is 0 Å². The van der Waals surface area contributed by atoms with Gasteiger partial charge in [0.05, 0.1) is 22.4 Å². The molecule has 0 aliphatic heterocycles. The number of amides is 1. The Labute approximate surface area is 125 Å². The molecule has 19 heavy (non-hydrogen) atoms. The molecule has 0 aromatic heterocycles. The molecule has 0 N–H and O–H groups in total. The first-order chi connectivity index (χ1) is 8.71. The molecule has 0 atom stereocenters. The molecule has 5 nitrogen and oxygen atoms in total. The van der Waals surface area contributed by atoms with Crippen molar-refractivity contribution in [2.75, 3.05) is 20.7 Å². The summed E-state index contributed by atoms with van der Waals surface area (Å²) in [4.78, 5) is 12.8. The predicted molar refractivity (Wildman–Crippen MR) is 76.0 cm³/mol. The summed E-state index contributed by atoms with van der Waals surface area (Å²) in [6.45, 7) is 0.211. The zero-order chi connectivity index (χ0) is 14.6. The van der Waals surface area contributed by atoms with Gasteiger partial charge in [-0.05, 0) is 34.1 Å². The molecular weight excluding hydrogens is 358 g/mol. The Balaban J connectivity index is 2.69. The minimum absolute atomic E-state index is 0.0160. The Morgan fingerprint density at radius 1 is 1.42 bits per heavy atom. The summed E-state index contributed by atoms with van der Waals surface area (Å²) in [6.07, 6.45) is 0.245. The van der Waals surface area contributed by atoms with Crippen molar-refractivity contribution in [2.45, 2.75) is 11.3 Å². The van der Waals surface area contributed by atoms with E-state index in [-0.39, 0.29) is 23.8 Å². The number of carbonyl (C=O) groups excluding carboxylic acids is 1. The van der Waals surface area contributed by atoms with Gasteiger partial charge in [0, 0.05) is 24.8 Å². The number of carbonyl (C=O) groups is 1. The topological polar surface area (TPSA) is 63.7 Å². The Hall–Kier alpha value is -0.790. The summed E-state index contributed by atoms with van der Waals surface area (Å²) in [7, 11) is 4.79. The Kier molecular flexibility index (Phi) is 5.64. The molecule has 0 aliphatic carbocycles. The number of nitrogens with zero attached hydrogens (tertiary/aromatic N) is 1. The lowest BCUT2D eigenvalue weighted by Gasteiger charge is -2.12. The van der Waals surface area contributed by atoms with Crippen LogP contribution in [0.2, 0.25) is 0 Å². The van der Waals surface area contributed by atoms with Crippen LogP contribution >= 0.6 is 26.6 Å². The summed E-state index contributed by atoms with van der Waals surface area (Å²) in [5.41, 5.74) is 0. The van der Waals surface area contributed by atoms with Gasteiger partial charge in [0.25, 0.3) is 9.05 Å². The van der Waals surface area contributed by atoms with Gasteiger partial charge in [-0.1, -0.05) is 0 Å². The summed E-state index contributed by atoms with van der Waals surface area (Å²) in [6, 6.07) is 4.18. The fraction of sp³-hybridized carbons (Fsp3) is 0.364. The quantitative estimate of drug-likeness (QED) is 0.746. The normalized spacial score (nSPS) is 11.2. The lowest BCUT2D eigenvalue weighted by atomic mass is 10.3. The molecule has 0 saturated heterocycles. The minimum atomic E-state index is -3.76. The Morgan fingerprint density at radius 2 is 2.05 bits per heavy atom. The van der Waals surface area contributed by atoms with E-state index in [2.05, 4.69) is 15.9 Å². The smallest absolute Gasteiger partial charge is 0.261 e. The van der Waals surface area contributed by atoms with Gasteiger partial charge in [0.15, 0.2) is 0 Å². The van der Waals surface area contributed by atoms with Crippen LogP contribution in [-0.2, 0) is 13.8 Å². The van der Waals surface area contributed by atoms with Gasteiger partial charge in [-0.15, -0.1) is 0 Å². The fourth-order valence-corrected chi connectivity index (χ4v) is 2.64. The maximum atomic E-state index is 11.3. The Morgan fingerprint density at radius 3 is 2.53 bits per heavy atom. The zero-order valence-electron chi connectivity index (χ0n) is 10.4. The summed E-state index contributed by atoms with van der Waals surface area (Å²) >= 11 is 3.19. The van der Waals surface area contributed by atoms with Gasteiger partial charge in [-0.3, -0.25) is 4.79 Å². The molecule has 0 fully saturated rings. The van der Waals surface area contributed by atoms with E-state index in [9.17, 15) is 13.2 Å². The van der Waals surface area contributed by atoms with E-state index in [4.69, 9.17) is 15.4 Å². The average molecular weight is 371 g/mol. The number of hydrogen-bond donors (Lipinski definition) is 0. The molecule has 0 unspecified atom stereocenters. The van der Waals surface area contributed by atoms with Gasteiger partial charge in [0.1, 0.15) is 5.75 Å². The number of rotatable bonds is 5. The molecule has 106 valence electrons. The van der Waals surface area contributed by atoms with E-state index in [1.165, 1.54) is 23.1 Å². The summed E-state index contributed by atoms with van der Waals surface area (Å²) < 4.78 is 28.1. The second kappa shape index (κ2) is 6.58. The van der Waals surface area contributed by atoms with Gasteiger partial charge in [0.2, 0.25) is 5.91 Å². The largest absolute Gasteiger partial charge is 0.492 e. The van der Waals surface area contributed by atoms with Crippen LogP contribution in [0.25, 0.3) is 0 Å². The van der Waals surface area contributed by atoms with Crippen molar-refractivity contribution in [1.82, 2.24) is 4.90 Å². The summed E-state index contributed by atoms with van der Waals surface area (Å²) in [5, 5.41) is 0. The summed E-state index contributed by atoms with van der Waals surface area (Å²) in [5.74, 6) is 0.409. The maximum absolute atomic E-state index is 11.3. The van der Waals surface area contributed by atoms with Crippen LogP contribution in [0.3, 0.4) is 0 Å². The molecule has 0 aliphatic rings. The van der Waals surface area contributed by atoms with Crippen molar-refractivity contribution in [2.24, 2.45) is 0 Å². The highest BCUT2D eigenvalue weighted by molar-refractivity contribution is 9.10. The second-order valence-electron chi connectivity index (χ2n) is 3.92. The molecule has 0 radical (unpaired) electrons. The number of halogens is 2. The first kappa shape index (κ1) is 16.3. The Bertz CT molecular complexity index is 574. The molecular formula is C11H13BrClNO4S. The van der Waals surface area contributed by atoms with Crippen molar-refractivity contribution >= 4 is 41.6 Å². The fourth-order valence-electron chi connectivity index (χ4n) is 1.22. The molecule has 0 spiro atoms. The third kappa shape index (κ3) is 5.00. The van der Waals surface area contributed by atoms with E-state index in [0.717, 1.165) is 0 Å². The van der Waals surface area contributed by atoms with Gasteiger partial charge in [-0.25, -0.2) is 8.42 Å². The van der Waals surface area contributed by atoms with Crippen molar-refractivity contribution in [3.8, 4) is 5.75 Å². The molecule has 1 aromatic rings. The van der Waals surface area contributed by atoms with Crippen LogP contribution in [0.1, 0.15) is 6.42 Å². The van der Waals surface area contributed by atoms with E-state index in [0.29, 0.717) is 10.2 Å². The lowest BCUT2D eigenvalue weighted by Crippen LogP contribution is -2.23. The molecule has 8 heteroatoms. The van der Waals surface area contributed by atoms with E-state index < -0.39 is 9.05 Å². The monoisotopic (exact) mass is 369 g/mol. The van der Waals surface area contributed by atoms with Gasteiger partial charge >= 0.3 is 0 Å². The van der Waals surface area contributed by atoms with Gasteiger partial charge in [-0.2, -0.15) is 0 Å². The van der Waals surface area contributed by atoms with Crippen LogP contribution in [0.5, 0.6) is 5.75 Å². The standard InChI is InChI=1S/C11H13BrClNO4S/c1-14(2)11(15)5-6-18-10-4-3-8(7-9(10)12)19(13,16)17/h3-4,7H,5-6H2,1-2H3. The number of hydrogen-bond acceptors (Lipinski definition) is 4. The van der Waals surface area contributed by atoms with Crippen LogP contribution < -0.4 is 4.74 Å². The maximum Gasteiger partial charge on any atom is 0.261 e. The van der Waals surface area contributed by atoms with Crippen molar-refractivity contribution in [3.63, 3.8) is 0 Å². The lowest BCUT2D eigenvalue weighted by molar-refractivity contribution is -0.129. The molecule has 0 saturated carbocycles. The number of ether oxygens (including phenoxy) is 1. The van der Waals surface area contributed by atoms with Crippen LogP contribution in [0, 0.1) is 0 Å². The number of benzene rings is 1. The first-order valence-corrected chi connectivity index (χ1v) is 8.39. The highest BCUT2D eigenvalue weighted by Gasteiger charge is 2.13. The SMILES string of the molecule is CN(C)C(=O)CCOc1ccc(S(=O)(=O)Cl)cc1Br. The van der Waals surface area contributed by atoms with Crippen LogP contribution in [-0.4, -0.2) is 39.9 Å². The van der Waals surface area contributed by atoms with Crippen LogP contribution in [0.4, 0.5) is 0 Å². The highest BCUT2D eigenvalue weighted by Crippen LogP contribution is 2.29. The molecule has 0 bridgehead atoms. The molecule has 0 heterocycles. The molecule has 1 rings (SSSR count). The first-order valence-electron chi connectivity index (χ1n) is 5.29. The minimum Gasteiger partial charge on any atom is -0.492 e. The average Bonchev–Trinajstić information content (AvgIpc) is 2.29. The van der Waals surface area contributed by atoms with Crippen LogP contribution in [0.15, 0.2) is 27.6 Å². The third-order valence-electron chi connectivity index (χ3n) is 2.26. The van der Waals surface area contributed by atoms with E-state index in [1.54, 1.807) is 14.1 Å². The predicted octanol–water partition coefficient (Wildman–Crippen LogP) is 2.23. The molecule has 1 amide bonds. The van der Waals surface area contributed by atoms with Crippen molar-refractivity contribution in [3.05, 3.63) is 22.7 Å². The third-order valence-corrected chi connectivity index (χ3v) is 4.23. The van der Waals surface area contributed by atoms with E-state index in [1.807, 2.05) is 0 Å².